The van der Waals surface area contributed by atoms with Crippen LogP contribution in [0, 0.1) is 5.82 Å². The summed E-state index contributed by atoms with van der Waals surface area (Å²) in [4.78, 5) is 35.2. The van der Waals surface area contributed by atoms with E-state index in [9.17, 15) is 14.0 Å². The fourth-order valence-electron chi connectivity index (χ4n) is 5.18. The highest BCUT2D eigenvalue weighted by molar-refractivity contribution is 5.98. The number of fused-ring (bicyclic) bond motifs is 2. The number of methoxy groups -OCH3 is 1. The number of aromatic nitrogens is 4. The smallest absolute Gasteiger partial charge is 0.413 e. The van der Waals surface area contributed by atoms with Gasteiger partial charge in [0, 0.05) is 35.5 Å². The minimum Gasteiger partial charge on any atom is -0.494 e. The number of amides is 2. The van der Waals surface area contributed by atoms with E-state index in [1.165, 1.54) is 36.5 Å². The largest absolute Gasteiger partial charge is 0.494 e. The van der Waals surface area contributed by atoms with Gasteiger partial charge in [-0.3, -0.25) is 14.8 Å². The van der Waals surface area contributed by atoms with Gasteiger partial charge in [-0.1, -0.05) is 18.7 Å². The van der Waals surface area contributed by atoms with Crippen molar-refractivity contribution in [2.24, 2.45) is 0 Å². The van der Waals surface area contributed by atoms with Crippen LogP contribution in [0.4, 0.5) is 26.4 Å². The number of hydrogen-bond donors (Lipinski definition) is 2. The molecule has 1 aliphatic rings. The second-order valence-corrected chi connectivity index (χ2v) is 9.99. The van der Waals surface area contributed by atoms with Crippen molar-refractivity contribution in [2.75, 3.05) is 24.3 Å². The molecule has 0 bridgehead atoms. The van der Waals surface area contributed by atoms with E-state index in [1.807, 2.05) is 28.9 Å². The van der Waals surface area contributed by atoms with E-state index in [4.69, 9.17) is 9.47 Å². The first-order valence-electron chi connectivity index (χ1n) is 13.6. The Balaban J connectivity index is 1.23. The van der Waals surface area contributed by atoms with Crippen molar-refractivity contribution in [3.8, 4) is 5.75 Å². The van der Waals surface area contributed by atoms with E-state index in [0.29, 0.717) is 47.7 Å². The van der Waals surface area contributed by atoms with E-state index in [2.05, 4.69) is 32.3 Å². The summed E-state index contributed by atoms with van der Waals surface area (Å²) < 4.78 is 26.5. The molecule has 2 N–H and O–H groups in total. The van der Waals surface area contributed by atoms with Gasteiger partial charge in [-0.15, -0.1) is 0 Å². The van der Waals surface area contributed by atoms with Crippen LogP contribution in [0.5, 0.6) is 5.75 Å². The maximum Gasteiger partial charge on any atom is 0.413 e. The van der Waals surface area contributed by atoms with E-state index in [0.717, 1.165) is 28.6 Å². The fourth-order valence-corrected chi connectivity index (χ4v) is 5.18. The first-order valence-corrected chi connectivity index (χ1v) is 13.6. The Hall–Kier alpha value is -5.52. The van der Waals surface area contributed by atoms with Crippen LogP contribution in [0.1, 0.15) is 18.4 Å². The van der Waals surface area contributed by atoms with Crippen molar-refractivity contribution in [3.63, 3.8) is 0 Å². The van der Waals surface area contributed by atoms with Gasteiger partial charge in [-0.25, -0.2) is 19.2 Å². The Morgan fingerprint density at radius 1 is 1.16 bits per heavy atom. The molecule has 3 aromatic carbocycles. The molecule has 0 spiro atoms. The first-order chi connectivity index (χ1) is 20.9. The lowest BCUT2D eigenvalue weighted by molar-refractivity contribution is -0.132. The van der Waals surface area contributed by atoms with E-state index in [-0.39, 0.29) is 11.7 Å². The molecule has 1 aliphatic heterocycles. The molecule has 11 nitrogen and oxygen atoms in total. The van der Waals surface area contributed by atoms with E-state index in [1.54, 1.807) is 24.4 Å². The molecule has 1 atom stereocenters. The molecule has 2 amide bonds. The van der Waals surface area contributed by atoms with Gasteiger partial charge in [0.15, 0.2) is 6.23 Å². The number of nitrogens with one attached hydrogen (secondary N) is 2. The molecule has 12 heteroatoms. The van der Waals surface area contributed by atoms with Gasteiger partial charge in [0.2, 0.25) is 5.91 Å². The molecule has 0 unspecified atom stereocenters. The average molecular weight is 582 g/mol. The van der Waals surface area contributed by atoms with Gasteiger partial charge in [-0.2, -0.15) is 5.10 Å². The standard InChI is InChI=1S/C31H28FN7O4/c1-3-28(40)38-11-5-8-29(38)43-31(41)37-25-14-23-24(15-27(25)42-2)33-18-34-30(23)36-22-9-10-26-20(13-22)16-35-39(26)17-19-6-4-7-21(32)12-19/h3-4,6-7,9-10,12-16,18,29H,1,5,8,11,17H2,2H3,(H,37,41)(H,33,34,36)/t29-/m0/s1. The molecule has 218 valence electrons. The van der Waals surface area contributed by atoms with Gasteiger partial charge >= 0.3 is 6.09 Å². The van der Waals surface area contributed by atoms with Crippen LogP contribution in [0.3, 0.4) is 0 Å². The van der Waals surface area contributed by atoms with Crippen LogP contribution in [0.15, 0.2) is 79.8 Å². The number of rotatable bonds is 8. The lowest BCUT2D eigenvalue weighted by Gasteiger charge is -2.23. The number of anilines is 3. The summed E-state index contributed by atoms with van der Waals surface area (Å²) in [5, 5.41) is 12.1. The summed E-state index contributed by atoms with van der Waals surface area (Å²) in [6.07, 6.45) is 4.26. The second-order valence-electron chi connectivity index (χ2n) is 9.99. The molecule has 1 saturated heterocycles. The van der Waals surface area contributed by atoms with Gasteiger partial charge in [0.25, 0.3) is 0 Å². The summed E-state index contributed by atoms with van der Waals surface area (Å²) >= 11 is 0. The fraction of sp³-hybridized carbons (Fsp3) is 0.194. The minimum atomic E-state index is -0.724. The molecule has 1 fully saturated rings. The van der Waals surface area contributed by atoms with E-state index >= 15 is 0 Å². The summed E-state index contributed by atoms with van der Waals surface area (Å²) in [7, 11) is 1.49. The van der Waals surface area contributed by atoms with Crippen molar-refractivity contribution in [1.82, 2.24) is 24.6 Å². The Labute approximate surface area is 245 Å². The van der Waals surface area contributed by atoms with Crippen molar-refractivity contribution < 1.29 is 23.5 Å². The van der Waals surface area contributed by atoms with Crippen molar-refractivity contribution in [1.29, 1.82) is 0 Å². The maximum atomic E-state index is 13.6. The van der Waals surface area contributed by atoms with Crippen molar-refractivity contribution >= 4 is 51.0 Å². The quantitative estimate of drug-likeness (QED) is 0.227. The number of carbonyl (C=O) groups excluding carboxylic acids is 2. The normalized spacial score (nSPS) is 14.6. The van der Waals surface area contributed by atoms with Gasteiger partial charge in [0.05, 0.1) is 36.6 Å². The summed E-state index contributed by atoms with van der Waals surface area (Å²) in [5.74, 6) is 0.315. The monoisotopic (exact) mass is 581 g/mol. The molecule has 0 saturated carbocycles. The molecule has 3 heterocycles. The Kier molecular flexibility index (Phi) is 7.56. The van der Waals surface area contributed by atoms with E-state index < -0.39 is 12.3 Å². The predicted octanol–water partition coefficient (Wildman–Crippen LogP) is 5.60. The average Bonchev–Trinajstić information content (AvgIpc) is 3.63. The third-order valence-corrected chi connectivity index (χ3v) is 7.22. The minimum absolute atomic E-state index is 0.286. The Bertz CT molecular complexity index is 1860. The van der Waals surface area contributed by atoms with Crippen LogP contribution in [0.2, 0.25) is 0 Å². The van der Waals surface area contributed by atoms with Crippen LogP contribution >= 0.6 is 0 Å². The molecular formula is C31H28FN7O4. The number of hydrogen-bond acceptors (Lipinski definition) is 8. The molecule has 2 aromatic heterocycles. The number of carbonyl (C=O) groups is 2. The topological polar surface area (TPSA) is 124 Å². The zero-order valence-electron chi connectivity index (χ0n) is 23.3. The Morgan fingerprint density at radius 3 is 2.86 bits per heavy atom. The lowest BCUT2D eigenvalue weighted by Crippen LogP contribution is -2.38. The van der Waals surface area contributed by atoms with Gasteiger partial charge < -0.3 is 19.7 Å². The van der Waals surface area contributed by atoms with Crippen molar-refractivity contribution in [2.45, 2.75) is 25.6 Å². The third kappa shape index (κ3) is 5.80. The molecule has 5 aromatic rings. The number of benzene rings is 3. The zero-order valence-corrected chi connectivity index (χ0v) is 23.3. The number of halogens is 1. The van der Waals surface area contributed by atoms with Crippen LogP contribution < -0.4 is 15.4 Å². The summed E-state index contributed by atoms with van der Waals surface area (Å²) in [5.41, 5.74) is 3.42. The Morgan fingerprint density at radius 2 is 2.05 bits per heavy atom. The highest BCUT2D eigenvalue weighted by Crippen LogP contribution is 2.34. The summed E-state index contributed by atoms with van der Waals surface area (Å²) in [6.45, 7) is 4.45. The molecule has 0 aliphatic carbocycles. The van der Waals surface area contributed by atoms with Crippen LogP contribution in [-0.2, 0) is 16.1 Å². The maximum absolute atomic E-state index is 13.6. The molecule has 6 rings (SSSR count). The SMILES string of the molecule is C=CC(=O)N1CCC[C@@H]1OC(=O)Nc1cc2c(Nc3ccc4c(cnn4Cc4cccc(F)c4)c3)ncnc2cc1OC. The second kappa shape index (κ2) is 11.8. The van der Waals surface area contributed by atoms with Gasteiger partial charge in [-0.05, 0) is 54.5 Å². The zero-order chi connectivity index (χ0) is 29.9. The molecular weight excluding hydrogens is 553 g/mol. The van der Waals surface area contributed by atoms with Crippen molar-refractivity contribution in [3.05, 3.63) is 91.2 Å². The number of likely N-dealkylation sites (tertiary alicyclic amines) is 1. The predicted molar refractivity (Wildman–Crippen MR) is 160 cm³/mol. The lowest BCUT2D eigenvalue weighted by atomic mass is 10.1. The summed E-state index contributed by atoms with van der Waals surface area (Å²) in [6, 6.07) is 15.6. The molecule has 0 radical (unpaired) electrons. The third-order valence-electron chi connectivity index (χ3n) is 7.22. The van der Waals surface area contributed by atoms with Crippen LogP contribution in [0.25, 0.3) is 21.8 Å². The van der Waals surface area contributed by atoms with Gasteiger partial charge in [0.1, 0.15) is 23.7 Å². The highest BCUT2D eigenvalue weighted by atomic mass is 19.1. The number of ether oxygens (including phenoxy) is 2. The molecule has 43 heavy (non-hydrogen) atoms. The van der Waals surface area contributed by atoms with Crippen LogP contribution in [-0.4, -0.2) is 56.5 Å². The first kappa shape index (κ1) is 27.6. The highest BCUT2D eigenvalue weighted by Gasteiger charge is 2.30. The number of nitrogens with zero attached hydrogens (tertiary/aromatic N) is 5.